The molecule has 5 heteroatoms. The van der Waals surface area contributed by atoms with E-state index in [1.807, 2.05) is 6.92 Å². The molecular weight excluding hydrogens is 296 g/mol. The van der Waals surface area contributed by atoms with Crippen molar-refractivity contribution in [3.8, 4) is 0 Å². The van der Waals surface area contributed by atoms with Gasteiger partial charge in [-0.05, 0) is 43.8 Å². The Hall–Kier alpha value is -0.393. The zero-order chi connectivity index (χ0) is 16.8. The van der Waals surface area contributed by atoms with Crippen molar-refractivity contribution in [3.05, 3.63) is 0 Å². The van der Waals surface area contributed by atoms with Gasteiger partial charge in [-0.1, -0.05) is 27.7 Å². The van der Waals surface area contributed by atoms with Crippen molar-refractivity contribution in [2.24, 2.45) is 0 Å². The van der Waals surface area contributed by atoms with E-state index in [4.69, 9.17) is 13.9 Å². The molecule has 4 nitrogen and oxygen atoms in total. The van der Waals surface area contributed by atoms with Gasteiger partial charge in [-0.2, -0.15) is 0 Å². The average Bonchev–Trinajstić information content (AvgIpc) is 2.92. The second-order valence-electron chi connectivity index (χ2n) is 7.22. The van der Waals surface area contributed by atoms with Crippen molar-refractivity contribution in [1.29, 1.82) is 0 Å². The minimum absolute atomic E-state index is 0.134. The number of carbonyl (C=O) groups is 1. The van der Waals surface area contributed by atoms with E-state index in [9.17, 15) is 4.79 Å². The predicted molar refractivity (Wildman–Crippen MR) is 91.6 cm³/mol. The van der Waals surface area contributed by atoms with Crippen LogP contribution in [0.3, 0.4) is 0 Å². The third-order valence-electron chi connectivity index (χ3n) is 5.21. The SMILES string of the molecule is CCOC(=O)CCC1(CO[Si](C)(C(C)C)C(C)C)CCCO1. The molecule has 1 unspecified atom stereocenters. The summed E-state index contributed by atoms with van der Waals surface area (Å²) < 4.78 is 17.5. The highest BCUT2D eigenvalue weighted by molar-refractivity contribution is 6.75. The monoisotopic (exact) mass is 330 g/mol. The minimum atomic E-state index is -1.79. The fraction of sp³-hybridized carbons (Fsp3) is 0.941. The van der Waals surface area contributed by atoms with Crippen molar-refractivity contribution in [3.63, 3.8) is 0 Å². The molecule has 130 valence electrons. The third kappa shape index (κ3) is 5.07. The smallest absolute Gasteiger partial charge is 0.305 e. The Kier molecular flexibility index (Phi) is 7.55. The number of ether oxygens (including phenoxy) is 2. The summed E-state index contributed by atoms with van der Waals surface area (Å²) in [6, 6.07) is 0. The lowest BCUT2D eigenvalue weighted by Crippen LogP contribution is -2.46. The van der Waals surface area contributed by atoms with E-state index in [1.54, 1.807) is 0 Å². The number of rotatable bonds is 9. The summed E-state index contributed by atoms with van der Waals surface area (Å²) >= 11 is 0. The van der Waals surface area contributed by atoms with Gasteiger partial charge in [0.15, 0.2) is 8.32 Å². The molecule has 1 aliphatic heterocycles. The molecule has 1 aliphatic rings. The van der Waals surface area contributed by atoms with Crippen LogP contribution in [0, 0.1) is 0 Å². The standard InChI is InChI=1S/C17H34O4Si/c1-7-19-16(18)9-11-17(10-8-12-20-17)13-21-22(6,14(2)3)15(4)5/h14-15H,7-13H2,1-6H3. The van der Waals surface area contributed by atoms with Crippen molar-refractivity contribution >= 4 is 14.3 Å². The summed E-state index contributed by atoms with van der Waals surface area (Å²) in [5, 5.41) is 0. The molecule has 0 bridgehead atoms. The highest BCUT2D eigenvalue weighted by atomic mass is 28.4. The molecule has 0 aromatic carbocycles. The van der Waals surface area contributed by atoms with Crippen LogP contribution in [-0.4, -0.2) is 39.7 Å². The molecule has 0 N–H and O–H groups in total. The number of hydrogen-bond acceptors (Lipinski definition) is 4. The first-order valence-corrected chi connectivity index (χ1v) is 11.3. The topological polar surface area (TPSA) is 44.8 Å². The van der Waals surface area contributed by atoms with Crippen molar-refractivity contribution < 1.29 is 18.7 Å². The Morgan fingerprint density at radius 2 is 1.91 bits per heavy atom. The Balaban J connectivity index is 2.65. The fourth-order valence-corrected chi connectivity index (χ4v) is 5.56. The highest BCUT2D eigenvalue weighted by Gasteiger charge is 2.42. The second kappa shape index (κ2) is 8.46. The van der Waals surface area contributed by atoms with E-state index in [-0.39, 0.29) is 11.6 Å². The normalized spacial score (nSPS) is 22.5. The van der Waals surface area contributed by atoms with Crippen LogP contribution in [0.5, 0.6) is 0 Å². The zero-order valence-electron chi connectivity index (χ0n) is 15.2. The molecule has 1 saturated heterocycles. The third-order valence-corrected chi connectivity index (χ3v) is 10.6. The molecule has 1 rings (SSSR count). The number of carbonyl (C=O) groups excluding carboxylic acids is 1. The van der Waals surface area contributed by atoms with Crippen LogP contribution in [0.4, 0.5) is 0 Å². The van der Waals surface area contributed by atoms with Gasteiger partial charge in [-0.25, -0.2) is 0 Å². The van der Waals surface area contributed by atoms with E-state index in [2.05, 4.69) is 34.2 Å². The first-order valence-electron chi connectivity index (χ1n) is 8.69. The van der Waals surface area contributed by atoms with E-state index < -0.39 is 8.32 Å². The summed E-state index contributed by atoms with van der Waals surface area (Å²) in [6.07, 6.45) is 3.15. The Morgan fingerprint density at radius 1 is 1.27 bits per heavy atom. The summed E-state index contributed by atoms with van der Waals surface area (Å²) in [6.45, 7) is 15.0. The minimum Gasteiger partial charge on any atom is -0.466 e. The van der Waals surface area contributed by atoms with Gasteiger partial charge in [-0.15, -0.1) is 0 Å². The van der Waals surface area contributed by atoms with Crippen LogP contribution in [0.2, 0.25) is 17.6 Å². The lowest BCUT2D eigenvalue weighted by Gasteiger charge is -2.39. The molecule has 22 heavy (non-hydrogen) atoms. The summed E-state index contributed by atoms with van der Waals surface area (Å²) in [5.74, 6) is -0.134. The van der Waals surface area contributed by atoms with Crippen LogP contribution in [-0.2, 0) is 18.7 Å². The van der Waals surface area contributed by atoms with E-state index in [0.717, 1.165) is 19.4 Å². The van der Waals surface area contributed by atoms with Gasteiger partial charge in [0.2, 0.25) is 0 Å². The van der Waals surface area contributed by atoms with Gasteiger partial charge < -0.3 is 13.9 Å². The Bertz CT molecular complexity index is 341. The van der Waals surface area contributed by atoms with Crippen LogP contribution in [0.1, 0.15) is 60.3 Å². The molecule has 1 atom stereocenters. The average molecular weight is 331 g/mol. The van der Waals surface area contributed by atoms with E-state index in [0.29, 0.717) is 37.1 Å². The first-order chi connectivity index (χ1) is 10.3. The molecule has 0 radical (unpaired) electrons. The van der Waals surface area contributed by atoms with Crippen molar-refractivity contribution in [1.82, 2.24) is 0 Å². The van der Waals surface area contributed by atoms with Gasteiger partial charge >= 0.3 is 5.97 Å². The van der Waals surface area contributed by atoms with Crippen LogP contribution < -0.4 is 0 Å². The molecule has 0 amide bonds. The van der Waals surface area contributed by atoms with Gasteiger partial charge in [0.05, 0.1) is 18.8 Å². The van der Waals surface area contributed by atoms with Crippen LogP contribution in [0.25, 0.3) is 0 Å². The molecule has 0 aliphatic carbocycles. The van der Waals surface area contributed by atoms with Gasteiger partial charge in [0, 0.05) is 13.0 Å². The largest absolute Gasteiger partial charge is 0.466 e. The molecular formula is C17H34O4Si. The molecule has 0 saturated carbocycles. The molecule has 0 aromatic rings. The maximum absolute atomic E-state index is 11.6. The lowest BCUT2D eigenvalue weighted by atomic mass is 9.95. The Morgan fingerprint density at radius 3 is 2.36 bits per heavy atom. The van der Waals surface area contributed by atoms with Crippen LogP contribution >= 0.6 is 0 Å². The second-order valence-corrected chi connectivity index (χ2v) is 12.2. The van der Waals surface area contributed by atoms with Gasteiger partial charge in [-0.3, -0.25) is 4.79 Å². The lowest BCUT2D eigenvalue weighted by molar-refractivity contribution is -0.145. The maximum atomic E-state index is 11.6. The molecule has 0 spiro atoms. The van der Waals surface area contributed by atoms with Crippen LogP contribution in [0.15, 0.2) is 0 Å². The molecule has 0 aromatic heterocycles. The first kappa shape index (κ1) is 19.7. The fourth-order valence-electron chi connectivity index (χ4n) is 2.99. The number of hydrogen-bond donors (Lipinski definition) is 0. The highest BCUT2D eigenvalue weighted by Crippen LogP contribution is 2.37. The summed E-state index contributed by atoms with van der Waals surface area (Å²) in [4.78, 5) is 11.6. The maximum Gasteiger partial charge on any atom is 0.305 e. The number of esters is 1. The zero-order valence-corrected chi connectivity index (χ0v) is 16.2. The van der Waals surface area contributed by atoms with E-state index in [1.165, 1.54) is 0 Å². The van der Waals surface area contributed by atoms with Gasteiger partial charge in [0.25, 0.3) is 0 Å². The molecule has 1 fully saturated rings. The quantitative estimate of drug-likeness (QED) is 0.467. The van der Waals surface area contributed by atoms with Crippen molar-refractivity contribution in [2.75, 3.05) is 19.8 Å². The molecule has 1 heterocycles. The predicted octanol–water partition coefficient (Wildman–Crippen LogP) is 4.29. The van der Waals surface area contributed by atoms with E-state index >= 15 is 0 Å². The summed E-state index contributed by atoms with van der Waals surface area (Å²) in [5.41, 5.74) is 0.845. The van der Waals surface area contributed by atoms with Crippen molar-refractivity contribution in [2.45, 2.75) is 83.5 Å². The summed E-state index contributed by atoms with van der Waals surface area (Å²) in [7, 11) is -1.79. The van der Waals surface area contributed by atoms with Gasteiger partial charge in [0.1, 0.15) is 0 Å². The Labute approximate surface area is 137 Å².